The summed E-state index contributed by atoms with van der Waals surface area (Å²) in [6, 6.07) is 9.18. The van der Waals surface area contributed by atoms with Crippen molar-refractivity contribution >= 4 is 56.5 Å². The first-order chi connectivity index (χ1) is 16.5. The number of nitrogens with zero attached hydrogens (tertiary/aromatic N) is 3. The molecule has 1 unspecified atom stereocenters. The lowest BCUT2D eigenvalue weighted by Crippen LogP contribution is -2.49. The summed E-state index contributed by atoms with van der Waals surface area (Å²) >= 11 is 1.26. The van der Waals surface area contributed by atoms with E-state index in [9.17, 15) is 14.4 Å². The van der Waals surface area contributed by atoms with Crippen LogP contribution < -0.4 is 15.5 Å². The molecule has 0 bridgehead atoms. The summed E-state index contributed by atoms with van der Waals surface area (Å²) in [7, 11) is 0. The first-order valence-corrected chi connectivity index (χ1v) is 12.2. The number of pyridine rings is 1. The van der Waals surface area contributed by atoms with Crippen LogP contribution in [0.15, 0.2) is 49.2 Å². The number of hydrogen-bond donors (Lipinski definition) is 2. The molecule has 174 valence electrons. The molecule has 0 aliphatic carbocycles. The number of nitrogens with one attached hydrogen (secondary N) is 2. The van der Waals surface area contributed by atoms with E-state index in [2.05, 4.69) is 29.1 Å². The molecule has 2 aliphatic rings. The number of aromatic nitrogens is 1. The van der Waals surface area contributed by atoms with Crippen LogP contribution in [0.2, 0.25) is 0 Å². The maximum atomic E-state index is 13.3. The molecule has 0 saturated carbocycles. The van der Waals surface area contributed by atoms with Gasteiger partial charge in [0.15, 0.2) is 0 Å². The third kappa shape index (κ3) is 3.81. The summed E-state index contributed by atoms with van der Waals surface area (Å²) in [5.74, 6) is -0.409. The smallest absolute Gasteiger partial charge is 0.331 e. The molecule has 5 rings (SSSR count). The highest BCUT2D eigenvalue weighted by molar-refractivity contribution is 7.21. The van der Waals surface area contributed by atoms with E-state index in [4.69, 9.17) is 0 Å². The van der Waals surface area contributed by atoms with Crippen LogP contribution in [0.1, 0.15) is 35.0 Å². The van der Waals surface area contributed by atoms with Gasteiger partial charge in [0.2, 0.25) is 5.91 Å². The Morgan fingerprint density at radius 2 is 2.21 bits per heavy atom. The number of amides is 4. The highest BCUT2D eigenvalue weighted by atomic mass is 32.1. The Balaban J connectivity index is 1.48. The lowest BCUT2D eigenvalue weighted by atomic mass is 10.1. The van der Waals surface area contributed by atoms with Crippen LogP contribution in [0, 0.1) is 0 Å². The molecule has 2 N–H and O–H groups in total. The van der Waals surface area contributed by atoms with Crippen molar-refractivity contribution in [3.8, 4) is 0 Å². The number of likely N-dealkylation sites (tertiary alicyclic amines) is 1. The molecule has 2 aliphatic heterocycles. The summed E-state index contributed by atoms with van der Waals surface area (Å²) in [6.45, 7) is 6.71. The van der Waals surface area contributed by atoms with Crippen molar-refractivity contribution < 1.29 is 14.4 Å². The Bertz CT molecular complexity index is 1320. The van der Waals surface area contributed by atoms with Crippen molar-refractivity contribution in [3.63, 3.8) is 0 Å². The fourth-order valence-electron chi connectivity index (χ4n) is 4.59. The van der Waals surface area contributed by atoms with E-state index >= 15 is 0 Å². The van der Waals surface area contributed by atoms with Crippen molar-refractivity contribution in [2.24, 2.45) is 0 Å². The normalized spacial score (nSPS) is 17.4. The number of anilines is 3. The third-order valence-corrected chi connectivity index (χ3v) is 7.37. The molecule has 8 nitrogen and oxygen atoms in total. The van der Waals surface area contributed by atoms with Gasteiger partial charge in [-0.3, -0.25) is 14.5 Å². The lowest BCUT2D eigenvalue weighted by molar-refractivity contribution is -0.127. The number of thiophene rings is 1. The summed E-state index contributed by atoms with van der Waals surface area (Å²) in [5, 5.41) is 6.73. The van der Waals surface area contributed by atoms with Gasteiger partial charge < -0.3 is 15.5 Å². The van der Waals surface area contributed by atoms with E-state index < -0.39 is 0 Å². The third-order valence-electron chi connectivity index (χ3n) is 6.27. The van der Waals surface area contributed by atoms with Crippen LogP contribution in [-0.2, 0) is 11.2 Å². The van der Waals surface area contributed by atoms with E-state index in [0.717, 1.165) is 35.9 Å². The molecule has 1 fully saturated rings. The number of carbonyl (C=O) groups excluding carboxylic acids is 3. The van der Waals surface area contributed by atoms with E-state index in [-0.39, 0.29) is 23.9 Å². The van der Waals surface area contributed by atoms with Crippen molar-refractivity contribution in [1.29, 1.82) is 0 Å². The van der Waals surface area contributed by atoms with Gasteiger partial charge in [-0.1, -0.05) is 25.6 Å². The average molecular weight is 476 g/mol. The van der Waals surface area contributed by atoms with Gasteiger partial charge in [-0.05, 0) is 49.1 Å². The Hall–Kier alpha value is -3.72. The van der Waals surface area contributed by atoms with Crippen LogP contribution in [0.4, 0.5) is 21.9 Å². The first-order valence-electron chi connectivity index (χ1n) is 11.3. The number of urea groups is 1. The number of benzene rings is 1. The standard InChI is InChI=1S/C25H25N5O3S/c1-3-15-7-5-9-17(13-15)30-18-10-11-26-24-20(18)21(28-25(30)33)22(34-24)23(32)27-16-8-6-12-29(14-16)19(31)4-2/h4-5,7,9-11,13,16H,2-3,6,8,12,14H2,1H3,(H,27,32)(H,28,33). The van der Waals surface area contributed by atoms with Gasteiger partial charge in [-0.2, -0.15) is 0 Å². The van der Waals surface area contributed by atoms with E-state index in [1.165, 1.54) is 17.4 Å². The minimum atomic E-state index is -0.318. The molecular weight excluding hydrogens is 450 g/mol. The van der Waals surface area contributed by atoms with Gasteiger partial charge in [-0.15, -0.1) is 11.3 Å². The average Bonchev–Trinajstić information content (AvgIpc) is 3.23. The number of aryl methyl sites for hydroxylation is 1. The maximum absolute atomic E-state index is 13.3. The van der Waals surface area contributed by atoms with Crippen molar-refractivity contribution in [1.82, 2.24) is 15.2 Å². The molecule has 4 amide bonds. The largest absolute Gasteiger partial charge is 0.347 e. The molecule has 0 radical (unpaired) electrons. The Morgan fingerprint density at radius 3 is 3.00 bits per heavy atom. The predicted molar refractivity (Wildman–Crippen MR) is 134 cm³/mol. The van der Waals surface area contributed by atoms with Crippen molar-refractivity contribution in [3.05, 3.63) is 59.6 Å². The van der Waals surface area contributed by atoms with Crippen LogP contribution in [0.3, 0.4) is 0 Å². The molecule has 1 aromatic carbocycles. The Labute approximate surface area is 201 Å². The monoisotopic (exact) mass is 475 g/mol. The topological polar surface area (TPSA) is 94.6 Å². The molecule has 34 heavy (non-hydrogen) atoms. The fraction of sp³-hybridized carbons (Fsp3) is 0.280. The predicted octanol–water partition coefficient (Wildman–Crippen LogP) is 4.45. The van der Waals surface area contributed by atoms with Gasteiger partial charge in [0.25, 0.3) is 5.91 Å². The minimum absolute atomic E-state index is 0.135. The first kappa shape index (κ1) is 22.1. The summed E-state index contributed by atoms with van der Waals surface area (Å²) in [4.78, 5) is 47.4. The Morgan fingerprint density at radius 1 is 1.35 bits per heavy atom. The fourth-order valence-corrected chi connectivity index (χ4v) is 5.61. The summed E-state index contributed by atoms with van der Waals surface area (Å²) in [5.41, 5.74) is 3.08. The maximum Gasteiger partial charge on any atom is 0.331 e. The second-order valence-electron chi connectivity index (χ2n) is 8.41. The van der Waals surface area contributed by atoms with Crippen LogP contribution >= 0.6 is 11.3 Å². The zero-order valence-electron chi connectivity index (χ0n) is 18.8. The van der Waals surface area contributed by atoms with E-state index in [0.29, 0.717) is 34.2 Å². The number of carbonyl (C=O) groups is 3. The minimum Gasteiger partial charge on any atom is -0.347 e. The van der Waals surface area contributed by atoms with Crippen LogP contribution in [0.25, 0.3) is 10.2 Å². The summed E-state index contributed by atoms with van der Waals surface area (Å²) in [6.07, 6.45) is 5.40. The molecule has 9 heteroatoms. The number of piperidine rings is 1. The highest BCUT2D eigenvalue weighted by Gasteiger charge is 2.33. The SMILES string of the molecule is C=CC(=O)N1CCCC(NC(=O)c2sc3nccc4c3c2NC(=O)N4c2cccc(CC)c2)C1. The second kappa shape index (κ2) is 8.90. The molecule has 2 aromatic heterocycles. The van der Waals surface area contributed by atoms with Crippen LogP contribution in [0.5, 0.6) is 0 Å². The Kier molecular flexibility index (Phi) is 5.79. The van der Waals surface area contributed by atoms with Gasteiger partial charge in [-0.25, -0.2) is 9.78 Å². The van der Waals surface area contributed by atoms with Crippen molar-refractivity contribution in [2.45, 2.75) is 32.2 Å². The zero-order valence-corrected chi connectivity index (χ0v) is 19.7. The van der Waals surface area contributed by atoms with E-state index in [1.807, 2.05) is 24.3 Å². The number of hydrogen-bond acceptors (Lipinski definition) is 5. The second-order valence-corrected chi connectivity index (χ2v) is 9.41. The van der Waals surface area contributed by atoms with E-state index in [1.54, 1.807) is 22.1 Å². The van der Waals surface area contributed by atoms with Crippen molar-refractivity contribution in [2.75, 3.05) is 23.3 Å². The summed E-state index contributed by atoms with van der Waals surface area (Å²) < 4.78 is 0. The quantitative estimate of drug-likeness (QED) is 0.533. The van der Waals surface area contributed by atoms with Gasteiger partial charge >= 0.3 is 6.03 Å². The van der Waals surface area contributed by atoms with Gasteiger partial charge in [0.1, 0.15) is 9.71 Å². The molecule has 0 spiro atoms. The number of rotatable bonds is 5. The van der Waals surface area contributed by atoms with Gasteiger partial charge in [0, 0.05) is 25.3 Å². The molecule has 4 heterocycles. The highest BCUT2D eigenvalue weighted by Crippen LogP contribution is 2.45. The molecule has 1 saturated heterocycles. The molecule has 3 aromatic rings. The lowest BCUT2D eigenvalue weighted by Gasteiger charge is -2.32. The molecular formula is C25H25N5O3S. The van der Waals surface area contributed by atoms with Gasteiger partial charge in [0.05, 0.1) is 22.4 Å². The zero-order chi connectivity index (χ0) is 23.8. The van der Waals surface area contributed by atoms with Crippen LogP contribution in [-0.4, -0.2) is 46.9 Å². The molecule has 1 atom stereocenters.